The molecule has 0 aliphatic heterocycles. The molecule has 3 aromatic rings. The van der Waals surface area contributed by atoms with Crippen LogP contribution in [0, 0.1) is 11.3 Å². The van der Waals surface area contributed by atoms with Gasteiger partial charge >= 0.3 is 0 Å². The topological polar surface area (TPSA) is 70.1 Å². The zero-order valence-electron chi connectivity index (χ0n) is 11.2. The van der Waals surface area contributed by atoms with Gasteiger partial charge in [-0.15, -0.1) is 0 Å². The third kappa shape index (κ3) is 2.64. The predicted octanol–water partition coefficient (Wildman–Crippen LogP) is 2.29. The van der Waals surface area contributed by atoms with E-state index in [9.17, 15) is 0 Å². The summed E-state index contributed by atoms with van der Waals surface area (Å²) in [4.78, 5) is 10.1. The molecule has 0 aliphatic rings. The highest BCUT2D eigenvalue weighted by Gasteiger charge is 2.11. The van der Waals surface area contributed by atoms with Gasteiger partial charge in [-0.25, -0.2) is 0 Å². The molecule has 1 aromatic carbocycles. The van der Waals surface area contributed by atoms with Crippen LogP contribution in [-0.4, -0.2) is 26.6 Å². The van der Waals surface area contributed by atoms with Crippen molar-refractivity contribution in [3.8, 4) is 6.07 Å². The number of hydrogen-bond donors (Lipinski definition) is 0. The fourth-order valence-corrected chi connectivity index (χ4v) is 2.31. The molecule has 0 N–H and O–H groups in total. The predicted molar refractivity (Wildman–Crippen MR) is 79.1 cm³/mol. The molecule has 3 rings (SSSR count). The molecule has 0 atom stereocenters. The number of nitriles is 1. The van der Waals surface area contributed by atoms with E-state index in [-0.39, 0.29) is 0 Å². The third-order valence-corrected chi connectivity index (χ3v) is 3.26. The normalized spacial score (nSPS) is 10.5. The Bertz CT molecular complexity index is 835. The van der Waals surface area contributed by atoms with Crippen molar-refractivity contribution in [1.82, 2.24) is 19.6 Å². The van der Waals surface area contributed by atoms with Crippen LogP contribution in [-0.2, 0) is 6.54 Å². The minimum Gasteiger partial charge on any atom is -0.355 e. The Morgan fingerprint density at radius 1 is 1.38 bits per heavy atom. The second-order valence-electron chi connectivity index (χ2n) is 4.58. The number of rotatable bonds is 3. The van der Waals surface area contributed by atoms with Crippen LogP contribution in [0.4, 0.5) is 5.82 Å². The van der Waals surface area contributed by atoms with Crippen molar-refractivity contribution in [3.05, 3.63) is 52.9 Å². The second-order valence-corrected chi connectivity index (χ2v) is 4.96. The molecule has 0 spiro atoms. The van der Waals surface area contributed by atoms with Crippen molar-refractivity contribution in [2.45, 2.75) is 6.54 Å². The Balaban J connectivity index is 1.95. The molecule has 7 heteroatoms. The van der Waals surface area contributed by atoms with E-state index in [1.807, 2.05) is 30.1 Å². The number of aromatic nitrogens is 4. The number of nitrogens with zero attached hydrogens (tertiary/aromatic N) is 6. The van der Waals surface area contributed by atoms with Gasteiger partial charge < -0.3 is 4.90 Å². The number of anilines is 1. The van der Waals surface area contributed by atoms with E-state index in [0.717, 1.165) is 11.4 Å². The van der Waals surface area contributed by atoms with Gasteiger partial charge in [-0.1, -0.05) is 23.7 Å². The summed E-state index contributed by atoms with van der Waals surface area (Å²) in [5, 5.41) is 13.5. The van der Waals surface area contributed by atoms with Gasteiger partial charge in [0.05, 0.1) is 11.6 Å². The summed E-state index contributed by atoms with van der Waals surface area (Å²) in [5.74, 6) is 1.24. The van der Waals surface area contributed by atoms with Crippen molar-refractivity contribution < 1.29 is 0 Å². The lowest BCUT2D eigenvalue weighted by atomic mass is 10.1. The lowest BCUT2D eigenvalue weighted by Gasteiger charge is -2.20. The summed E-state index contributed by atoms with van der Waals surface area (Å²) < 4.78 is 1.63. The molecule has 0 radical (unpaired) electrons. The maximum atomic E-state index is 8.95. The monoisotopic (exact) mass is 298 g/mol. The maximum absolute atomic E-state index is 8.95. The largest absolute Gasteiger partial charge is 0.355 e. The smallest absolute Gasteiger partial charge is 0.255 e. The molecule has 0 bridgehead atoms. The van der Waals surface area contributed by atoms with Gasteiger partial charge in [0.15, 0.2) is 0 Å². The third-order valence-electron chi connectivity index (χ3n) is 3.07. The van der Waals surface area contributed by atoms with Crippen LogP contribution in [0.2, 0.25) is 5.15 Å². The molecule has 0 saturated heterocycles. The highest BCUT2D eigenvalue weighted by Crippen LogP contribution is 2.19. The highest BCUT2D eigenvalue weighted by molar-refractivity contribution is 6.29. The van der Waals surface area contributed by atoms with Gasteiger partial charge in [-0.2, -0.15) is 24.8 Å². The van der Waals surface area contributed by atoms with Gasteiger partial charge in [-0.3, -0.25) is 0 Å². The first-order valence-electron chi connectivity index (χ1n) is 6.24. The lowest BCUT2D eigenvalue weighted by Crippen LogP contribution is -2.20. The molecule has 2 heterocycles. The summed E-state index contributed by atoms with van der Waals surface area (Å²) in [5.41, 5.74) is 1.66. The van der Waals surface area contributed by atoms with Crippen LogP contribution in [0.3, 0.4) is 0 Å². The Labute approximate surface area is 126 Å². The molecule has 0 saturated carbocycles. The van der Waals surface area contributed by atoms with E-state index < -0.39 is 0 Å². The second kappa shape index (κ2) is 5.38. The van der Waals surface area contributed by atoms with Crippen LogP contribution in [0.25, 0.3) is 5.78 Å². The van der Waals surface area contributed by atoms with Crippen LogP contribution in [0.5, 0.6) is 0 Å². The van der Waals surface area contributed by atoms with Gasteiger partial charge in [0, 0.05) is 19.7 Å². The Hall–Kier alpha value is -2.65. The Kier molecular flexibility index (Phi) is 3.42. The number of hydrogen-bond acceptors (Lipinski definition) is 5. The quantitative estimate of drug-likeness (QED) is 0.694. The Morgan fingerprint density at radius 3 is 3.05 bits per heavy atom. The summed E-state index contributed by atoms with van der Waals surface area (Å²) in [6.45, 7) is 0.616. The van der Waals surface area contributed by atoms with Crippen molar-refractivity contribution in [1.29, 1.82) is 5.26 Å². The van der Waals surface area contributed by atoms with E-state index >= 15 is 0 Å². The van der Waals surface area contributed by atoms with E-state index in [2.05, 4.69) is 21.1 Å². The van der Waals surface area contributed by atoms with Crippen molar-refractivity contribution in [3.63, 3.8) is 0 Å². The zero-order valence-corrected chi connectivity index (χ0v) is 12.0. The van der Waals surface area contributed by atoms with Gasteiger partial charge in [-0.05, 0) is 17.7 Å². The van der Waals surface area contributed by atoms with Crippen molar-refractivity contribution >= 4 is 23.2 Å². The molecule has 0 fully saturated rings. The fourth-order valence-electron chi connectivity index (χ4n) is 2.13. The average Bonchev–Trinajstić information content (AvgIpc) is 2.94. The molecular formula is C14H11ClN6. The lowest BCUT2D eigenvalue weighted by molar-refractivity contribution is 0.832. The summed E-state index contributed by atoms with van der Waals surface area (Å²) in [7, 11) is 1.92. The maximum Gasteiger partial charge on any atom is 0.255 e. The molecule has 6 nitrogen and oxygen atoms in total. The minimum atomic E-state index is 0.364. The Morgan fingerprint density at radius 2 is 2.24 bits per heavy atom. The number of halogens is 1. The molecular weight excluding hydrogens is 288 g/mol. The molecule has 0 unspecified atom stereocenters. The van der Waals surface area contributed by atoms with Gasteiger partial charge in [0.25, 0.3) is 5.78 Å². The van der Waals surface area contributed by atoms with Crippen molar-refractivity contribution in [2.75, 3.05) is 11.9 Å². The van der Waals surface area contributed by atoms with E-state index in [1.54, 1.807) is 16.6 Å². The first kappa shape index (κ1) is 13.3. The van der Waals surface area contributed by atoms with E-state index in [4.69, 9.17) is 16.9 Å². The molecule has 21 heavy (non-hydrogen) atoms. The standard InChI is InChI=1S/C14H11ClN6/c1-20(8-11-4-2-3-10(5-11)7-16)13-6-12(15)19-14-17-9-18-21(13)14/h2-6,9H,8H2,1H3. The fraction of sp³-hybridized carbons (Fsp3) is 0.143. The SMILES string of the molecule is CN(Cc1cccc(C#N)c1)c1cc(Cl)nc2ncnn12. The summed E-state index contributed by atoms with van der Waals surface area (Å²) in [6, 6.07) is 11.3. The van der Waals surface area contributed by atoms with E-state index in [1.165, 1.54) is 6.33 Å². The first-order valence-corrected chi connectivity index (χ1v) is 6.61. The van der Waals surface area contributed by atoms with Crippen LogP contribution in [0.15, 0.2) is 36.7 Å². The van der Waals surface area contributed by atoms with E-state index in [0.29, 0.717) is 23.0 Å². The molecule has 0 aliphatic carbocycles. The van der Waals surface area contributed by atoms with Gasteiger partial charge in [0.1, 0.15) is 17.3 Å². The van der Waals surface area contributed by atoms with Crippen molar-refractivity contribution in [2.24, 2.45) is 0 Å². The molecule has 104 valence electrons. The summed E-state index contributed by atoms with van der Waals surface area (Å²) >= 11 is 6.01. The first-order chi connectivity index (χ1) is 10.2. The average molecular weight is 299 g/mol. The highest BCUT2D eigenvalue weighted by atomic mass is 35.5. The van der Waals surface area contributed by atoms with Crippen LogP contribution >= 0.6 is 11.6 Å². The molecule has 0 amide bonds. The van der Waals surface area contributed by atoms with Gasteiger partial charge in [0.2, 0.25) is 0 Å². The molecule has 2 aromatic heterocycles. The number of fused-ring (bicyclic) bond motifs is 1. The zero-order chi connectivity index (χ0) is 14.8. The van der Waals surface area contributed by atoms with Crippen LogP contribution in [0.1, 0.15) is 11.1 Å². The minimum absolute atomic E-state index is 0.364. The summed E-state index contributed by atoms with van der Waals surface area (Å²) in [6.07, 6.45) is 1.44. The van der Waals surface area contributed by atoms with Crippen LogP contribution < -0.4 is 4.90 Å². The number of benzene rings is 1.